The van der Waals surface area contributed by atoms with E-state index in [1.807, 2.05) is 6.92 Å². The molecule has 0 aliphatic heterocycles. The minimum Gasteiger partial charge on any atom is -0.476 e. The highest BCUT2D eigenvalue weighted by molar-refractivity contribution is 5.66. The van der Waals surface area contributed by atoms with E-state index in [4.69, 9.17) is 10.5 Å². The maximum Gasteiger partial charge on any atom is 0.242 e. The maximum atomic E-state index is 10.5. The van der Waals surface area contributed by atoms with Crippen molar-refractivity contribution in [2.75, 3.05) is 24.2 Å². The number of anilines is 2. The van der Waals surface area contributed by atoms with Gasteiger partial charge in [0.25, 0.3) is 0 Å². The topological polar surface area (TPSA) is 93.3 Å². The molecule has 0 saturated heterocycles. The summed E-state index contributed by atoms with van der Waals surface area (Å²) in [6.07, 6.45) is 5.15. The molecule has 0 bridgehead atoms. The highest BCUT2D eigenvalue weighted by atomic mass is 16.5. The van der Waals surface area contributed by atoms with Gasteiger partial charge in [0, 0.05) is 6.54 Å². The monoisotopic (exact) mass is 280 g/mol. The first-order valence-corrected chi connectivity index (χ1v) is 7.23. The maximum absolute atomic E-state index is 10.5. The molecule has 0 radical (unpaired) electrons. The summed E-state index contributed by atoms with van der Waals surface area (Å²) in [7, 11) is 0. The minimum absolute atomic E-state index is 0.384. The van der Waals surface area contributed by atoms with Gasteiger partial charge in [-0.05, 0) is 38.5 Å². The Labute approximate surface area is 119 Å². The fourth-order valence-corrected chi connectivity index (χ4v) is 2.50. The normalized spacial score (nSPS) is 26.2. The van der Waals surface area contributed by atoms with Crippen LogP contribution in [0.4, 0.5) is 11.5 Å². The molecular weight excluding hydrogens is 256 g/mol. The number of nitrogens with zero attached hydrogens (tertiary/aromatic N) is 2. The van der Waals surface area contributed by atoms with Gasteiger partial charge in [-0.1, -0.05) is 6.92 Å². The number of nitrogens with one attached hydrogen (secondary N) is 1. The van der Waals surface area contributed by atoms with E-state index < -0.39 is 5.60 Å². The third-order valence-corrected chi connectivity index (χ3v) is 3.92. The zero-order valence-electron chi connectivity index (χ0n) is 12.2. The molecule has 0 amide bonds. The lowest BCUT2D eigenvalue weighted by Crippen LogP contribution is -2.40. The molecule has 1 aromatic rings. The molecule has 1 saturated carbocycles. The Balaban J connectivity index is 1.98. The molecule has 6 heteroatoms. The number of nitrogens with two attached hydrogens (primary N) is 1. The van der Waals surface area contributed by atoms with Gasteiger partial charge in [0.15, 0.2) is 5.82 Å². The largest absolute Gasteiger partial charge is 0.476 e. The zero-order chi connectivity index (χ0) is 14.6. The van der Waals surface area contributed by atoms with E-state index in [-0.39, 0.29) is 0 Å². The Kier molecular flexibility index (Phi) is 4.65. The van der Waals surface area contributed by atoms with E-state index in [2.05, 4.69) is 22.2 Å². The SMILES string of the molecule is CCOc1ncnc(NCC2(O)CCC(C)CC2)c1N. The van der Waals surface area contributed by atoms with E-state index in [0.29, 0.717) is 36.5 Å². The van der Waals surface area contributed by atoms with Gasteiger partial charge in [-0.25, -0.2) is 4.98 Å². The molecule has 1 aromatic heterocycles. The van der Waals surface area contributed by atoms with Gasteiger partial charge in [0.2, 0.25) is 5.88 Å². The average Bonchev–Trinajstić information content (AvgIpc) is 2.44. The summed E-state index contributed by atoms with van der Waals surface area (Å²) in [6.45, 7) is 5.05. The molecule has 0 unspecified atom stereocenters. The Hall–Kier alpha value is -1.56. The van der Waals surface area contributed by atoms with Crippen molar-refractivity contribution < 1.29 is 9.84 Å². The molecule has 6 nitrogen and oxygen atoms in total. The molecule has 1 fully saturated rings. The van der Waals surface area contributed by atoms with E-state index in [1.165, 1.54) is 6.33 Å². The first-order chi connectivity index (χ1) is 9.54. The number of nitrogen functional groups attached to an aromatic ring is 1. The van der Waals surface area contributed by atoms with Crippen LogP contribution in [-0.4, -0.2) is 33.8 Å². The van der Waals surface area contributed by atoms with Gasteiger partial charge in [-0.15, -0.1) is 0 Å². The lowest BCUT2D eigenvalue weighted by atomic mass is 9.79. The number of ether oxygens (including phenoxy) is 1. The van der Waals surface area contributed by atoms with Crippen LogP contribution in [0.15, 0.2) is 6.33 Å². The molecule has 0 aromatic carbocycles. The number of aromatic nitrogens is 2. The Morgan fingerprint density at radius 2 is 2.15 bits per heavy atom. The van der Waals surface area contributed by atoms with Crippen molar-refractivity contribution in [1.29, 1.82) is 0 Å². The van der Waals surface area contributed by atoms with Crippen molar-refractivity contribution >= 4 is 11.5 Å². The van der Waals surface area contributed by atoms with E-state index >= 15 is 0 Å². The summed E-state index contributed by atoms with van der Waals surface area (Å²) < 4.78 is 5.33. The molecule has 0 spiro atoms. The van der Waals surface area contributed by atoms with Crippen LogP contribution in [-0.2, 0) is 0 Å². The van der Waals surface area contributed by atoms with E-state index in [0.717, 1.165) is 25.7 Å². The molecule has 1 aliphatic carbocycles. The lowest BCUT2D eigenvalue weighted by Gasteiger charge is -2.35. The number of aliphatic hydroxyl groups is 1. The molecule has 20 heavy (non-hydrogen) atoms. The predicted octanol–water partition coefficient (Wildman–Crippen LogP) is 1.81. The van der Waals surface area contributed by atoms with Gasteiger partial charge in [-0.2, -0.15) is 4.98 Å². The second kappa shape index (κ2) is 6.26. The third-order valence-electron chi connectivity index (χ3n) is 3.92. The second-order valence-electron chi connectivity index (χ2n) is 5.63. The highest BCUT2D eigenvalue weighted by Crippen LogP contribution is 2.32. The fourth-order valence-electron chi connectivity index (χ4n) is 2.50. The van der Waals surface area contributed by atoms with Crippen LogP contribution in [0, 0.1) is 5.92 Å². The zero-order valence-corrected chi connectivity index (χ0v) is 12.2. The van der Waals surface area contributed by atoms with Crippen LogP contribution in [0.5, 0.6) is 5.88 Å². The van der Waals surface area contributed by atoms with Crippen LogP contribution >= 0.6 is 0 Å². The summed E-state index contributed by atoms with van der Waals surface area (Å²) in [4.78, 5) is 8.10. The number of hydrogen-bond donors (Lipinski definition) is 3. The van der Waals surface area contributed by atoms with Gasteiger partial charge in [0.1, 0.15) is 12.0 Å². The number of hydrogen-bond acceptors (Lipinski definition) is 6. The number of rotatable bonds is 5. The molecule has 1 heterocycles. The predicted molar refractivity (Wildman–Crippen MR) is 78.7 cm³/mol. The van der Waals surface area contributed by atoms with Crippen molar-refractivity contribution in [3.8, 4) is 5.88 Å². The van der Waals surface area contributed by atoms with Crippen molar-refractivity contribution in [3.63, 3.8) is 0 Å². The van der Waals surface area contributed by atoms with Crippen molar-refractivity contribution in [3.05, 3.63) is 6.33 Å². The molecular formula is C14H24N4O2. The molecule has 4 N–H and O–H groups in total. The Morgan fingerprint density at radius 1 is 1.45 bits per heavy atom. The second-order valence-corrected chi connectivity index (χ2v) is 5.63. The van der Waals surface area contributed by atoms with Crippen molar-refractivity contribution in [2.24, 2.45) is 5.92 Å². The summed E-state index contributed by atoms with van der Waals surface area (Å²) in [6, 6.07) is 0. The van der Waals surface area contributed by atoms with Crippen LogP contribution in [0.2, 0.25) is 0 Å². The summed E-state index contributed by atoms with van der Waals surface area (Å²) in [5.74, 6) is 1.61. The molecule has 2 rings (SSSR count). The van der Waals surface area contributed by atoms with E-state index in [1.54, 1.807) is 0 Å². The average molecular weight is 280 g/mol. The van der Waals surface area contributed by atoms with Crippen LogP contribution in [0.3, 0.4) is 0 Å². The first-order valence-electron chi connectivity index (χ1n) is 7.23. The van der Waals surface area contributed by atoms with Crippen molar-refractivity contribution in [2.45, 2.75) is 45.1 Å². The van der Waals surface area contributed by atoms with E-state index in [9.17, 15) is 5.11 Å². The van der Waals surface area contributed by atoms with Gasteiger partial charge >= 0.3 is 0 Å². The highest BCUT2D eigenvalue weighted by Gasteiger charge is 2.31. The smallest absolute Gasteiger partial charge is 0.242 e. The summed E-state index contributed by atoms with van der Waals surface area (Å²) >= 11 is 0. The van der Waals surface area contributed by atoms with Crippen molar-refractivity contribution in [1.82, 2.24) is 9.97 Å². The Morgan fingerprint density at radius 3 is 2.80 bits per heavy atom. The fraction of sp³-hybridized carbons (Fsp3) is 0.714. The quantitative estimate of drug-likeness (QED) is 0.761. The van der Waals surface area contributed by atoms with Gasteiger partial charge < -0.3 is 20.9 Å². The van der Waals surface area contributed by atoms with Gasteiger partial charge in [0.05, 0.1) is 12.2 Å². The van der Waals surface area contributed by atoms with Crippen LogP contribution in [0.25, 0.3) is 0 Å². The third kappa shape index (κ3) is 3.50. The summed E-state index contributed by atoms with van der Waals surface area (Å²) in [5.41, 5.74) is 5.68. The van der Waals surface area contributed by atoms with Gasteiger partial charge in [-0.3, -0.25) is 0 Å². The Bertz CT molecular complexity index is 445. The lowest BCUT2D eigenvalue weighted by molar-refractivity contribution is 0.00495. The first kappa shape index (κ1) is 14.8. The standard InChI is InChI=1S/C14H24N4O2/c1-3-20-13-11(15)12(17-9-18-13)16-8-14(19)6-4-10(2)5-7-14/h9-10,19H,3-8,15H2,1-2H3,(H,16,17,18). The molecule has 112 valence electrons. The van der Waals surface area contributed by atoms with Crippen LogP contribution < -0.4 is 15.8 Å². The van der Waals surface area contributed by atoms with Crippen LogP contribution in [0.1, 0.15) is 39.5 Å². The molecule has 0 atom stereocenters. The minimum atomic E-state index is -0.671. The summed E-state index contributed by atoms with van der Waals surface area (Å²) in [5, 5.41) is 13.7. The molecule has 1 aliphatic rings.